The molecule has 0 saturated carbocycles. The first kappa shape index (κ1) is 16.7. The van der Waals surface area contributed by atoms with Crippen LogP contribution in [0.15, 0.2) is 48.6 Å². The van der Waals surface area contributed by atoms with E-state index < -0.39 is 11.6 Å². The van der Waals surface area contributed by atoms with Crippen molar-refractivity contribution in [1.29, 1.82) is 0 Å². The fraction of sp³-hybridized carbons (Fsp3) is 0.111. The van der Waals surface area contributed by atoms with E-state index in [1.807, 2.05) is 13.8 Å². The minimum Gasteiger partial charge on any atom is -0.207 e. The van der Waals surface area contributed by atoms with E-state index in [1.165, 1.54) is 6.07 Å². The van der Waals surface area contributed by atoms with Crippen molar-refractivity contribution in [2.24, 2.45) is 0 Å². The van der Waals surface area contributed by atoms with Gasteiger partial charge in [-0.1, -0.05) is 41.9 Å². The molecule has 4 heteroatoms. The first-order valence-corrected chi connectivity index (χ1v) is 7.35. The molecule has 2 aromatic carbocycles. The molecule has 2 rings (SSSR count). The van der Waals surface area contributed by atoms with Gasteiger partial charge in [-0.2, -0.15) is 0 Å². The van der Waals surface area contributed by atoms with Crippen LogP contribution in [0.3, 0.4) is 0 Å². The third-order valence-electron chi connectivity index (χ3n) is 3.42. The highest BCUT2D eigenvalue weighted by Gasteiger charge is 2.17. The predicted molar refractivity (Wildman–Crippen MR) is 89.5 cm³/mol. The molecule has 0 aliphatic heterocycles. The molecular weight excluding hydrogens is 325 g/mol. The van der Waals surface area contributed by atoms with Crippen LogP contribution >= 0.6 is 23.2 Å². The number of hydrogen-bond donors (Lipinski definition) is 0. The smallest absolute Gasteiger partial charge is 0.145 e. The van der Waals surface area contributed by atoms with Crippen LogP contribution in [0.2, 0.25) is 10.0 Å². The zero-order valence-electron chi connectivity index (χ0n) is 12.2. The van der Waals surface area contributed by atoms with Crippen LogP contribution in [0.25, 0.3) is 5.57 Å². The summed E-state index contributed by atoms with van der Waals surface area (Å²) in [6.45, 7) is 7.43. The van der Waals surface area contributed by atoms with Crippen molar-refractivity contribution in [3.63, 3.8) is 0 Å². The molecule has 0 radical (unpaired) electrons. The van der Waals surface area contributed by atoms with Gasteiger partial charge in [-0.25, -0.2) is 8.78 Å². The highest BCUT2D eigenvalue weighted by molar-refractivity contribution is 6.33. The predicted octanol–water partition coefficient (Wildman–Crippen LogP) is 6.59. The van der Waals surface area contributed by atoms with Gasteiger partial charge in [0, 0.05) is 16.7 Å². The van der Waals surface area contributed by atoms with Crippen LogP contribution in [0.4, 0.5) is 8.78 Å². The van der Waals surface area contributed by atoms with Crippen molar-refractivity contribution in [3.05, 3.63) is 86.9 Å². The van der Waals surface area contributed by atoms with Crippen molar-refractivity contribution < 1.29 is 8.78 Å². The standard InChI is InChI=1S/C18H14Cl2F2/c1-4-10(2)17(14-6-5-12(19)7-11(14)3)15-8-13(21)9-16(22)18(15)20/h4-9H,1H2,2-3H3/b17-10-. The molecule has 0 heterocycles. The van der Waals surface area contributed by atoms with Gasteiger partial charge >= 0.3 is 0 Å². The van der Waals surface area contributed by atoms with E-state index in [0.717, 1.165) is 22.8 Å². The summed E-state index contributed by atoms with van der Waals surface area (Å²) in [7, 11) is 0. The topological polar surface area (TPSA) is 0 Å². The molecule has 0 amide bonds. The molecule has 2 aromatic rings. The lowest BCUT2D eigenvalue weighted by molar-refractivity contribution is 0.583. The van der Waals surface area contributed by atoms with Gasteiger partial charge in [0.05, 0.1) is 5.02 Å². The molecule has 0 spiro atoms. The number of aryl methyl sites for hydroxylation is 1. The van der Waals surface area contributed by atoms with E-state index in [9.17, 15) is 8.78 Å². The Hall–Kier alpha value is -1.64. The first-order valence-electron chi connectivity index (χ1n) is 6.60. The Kier molecular flexibility index (Phi) is 5.05. The van der Waals surface area contributed by atoms with Crippen LogP contribution in [0.5, 0.6) is 0 Å². The molecule has 0 aromatic heterocycles. The zero-order chi connectivity index (χ0) is 16.4. The van der Waals surface area contributed by atoms with E-state index in [1.54, 1.807) is 24.3 Å². The van der Waals surface area contributed by atoms with Gasteiger partial charge in [0.1, 0.15) is 11.6 Å². The lowest BCUT2D eigenvalue weighted by Gasteiger charge is -2.16. The van der Waals surface area contributed by atoms with Gasteiger partial charge < -0.3 is 0 Å². The van der Waals surface area contributed by atoms with E-state index in [-0.39, 0.29) is 5.02 Å². The largest absolute Gasteiger partial charge is 0.207 e. The molecule has 0 atom stereocenters. The van der Waals surface area contributed by atoms with Crippen LogP contribution in [-0.2, 0) is 0 Å². The van der Waals surface area contributed by atoms with Gasteiger partial charge in [-0.3, -0.25) is 0 Å². The summed E-state index contributed by atoms with van der Waals surface area (Å²) >= 11 is 12.0. The number of allylic oxidation sites excluding steroid dienone is 2. The first-order chi connectivity index (χ1) is 10.3. The van der Waals surface area contributed by atoms with Crippen LogP contribution in [-0.4, -0.2) is 0 Å². The minimum absolute atomic E-state index is 0.119. The summed E-state index contributed by atoms with van der Waals surface area (Å²) in [4.78, 5) is 0. The molecule has 114 valence electrons. The summed E-state index contributed by atoms with van der Waals surface area (Å²) in [6, 6.07) is 7.31. The van der Waals surface area contributed by atoms with Crippen LogP contribution in [0, 0.1) is 18.6 Å². The molecule has 0 bridgehead atoms. The third-order valence-corrected chi connectivity index (χ3v) is 4.04. The summed E-state index contributed by atoms with van der Waals surface area (Å²) in [6.07, 6.45) is 1.63. The van der Waals surface area contributed by atoms with Gasteiger partial charge in [0.15, 0.2) is 0 Å². The molecule has 0 aliphatic rings. The van der Waals surface area contributed by atoms with Crippen molar-refractivity contribution in [1.82, 2.24) is 0 Å². The van der Waals surface area contributed by atoms with Gasteiger partial charge in [0.2, 0.25) is 0 Å². The van der Waals surface area contributed by atoms with Gasteiger partial charge in [-0.05, 0) is 54.3 Å². The monoisotopic (exact) mass is 338 g/mol. The lowest BCUT2D eigenvalue weighted by Crippen LogP contribution is -1.98. The second kappa shape index (κ2) is 6.64. The van der Waals surface area contributed by atoms with Gasteiger partial charge in [-0.15, -0.1) is 0 Å². The van der Waals surface area contributed by atoms with E-state index >= 15 is 0 Å². The Morgan fingerprint density at radius 3 is 2.36 bits per heavy atom. The number of hydrogen-bond acceptors (Lipinski definition) is 0. The van der Waals surface area contributed by atoms with Crippen molar-refractivity contribution in [2.45, 2.75) is 13.8 Å². The maximum Gasteiger partial charge on any atom is 0.145 e. The number of halogens is 4. The third kappa shape index (κ3) is 3.23. The SMILES string of the molecule is C=C/C(C)=C(/c1ccc(Cl)cc1C)c1cc(F)cc(F)c1Cl. The van der Waals surface area contributed by atoms with Crippen molar-refractivity contribution in [3.8, 4) is 0 Å². The normalized spacial score (nSPS) is 12.1. The lowest BCUT2D eigenvalue weighted by atomic mass is 9.90. The quantitative estimate of drug-likeness (QED) is 0.437. The average Bonchev–Trinajstić information content (AvgIpc) is 2.46. The Balaban J connectivity index is 2.82. The molecular formula is C18H14Cl2F2. The highest BCUT2D eigenvalue weighted by atomic mass is 35.5. The minimum atomic E-state index is -0.794. The maximum absolute atomic E-state index is 13.8. The summed E-state index contributed by atoms with van der Waals surface area (Å²) in [5.74, 6) is -1.48. The molecule has 0 N–H and O–H groups in total. The van der Waals surface area contributed by atoms with E-state index in [2.05, 4.69) is 6.58 Å². The van der Waals surface area contributed by atoms with E-state index in [4.69, 9.17) is 23.2 Å². The summed E-state index contributed by atoms with van der Waals surface area (Å²) < 4.78 is 27.5. The Labute approximate surface area is 138 Å². The Morgan fingerprint density at radius 1 is 1.09 bits per heavy atom. The molecule has 0 nitrogen and oxygen atoms in total. The number of benzene rings is 2. The molecule has 0 saturated heterocycles. The Bertz CT molecular complexity index is 777. The second-order valence-corrected chi connectivity index (χ2v) is 5.78. The number of rotatable bonds is 3. The van der Waals surface area contributed by atoms with E-state index in [0.29, 0.717) is 16.2 Å². The van der Waals surface area contributed by atoms with Crippen LogP contribution in [0.1, 0.15) is 23.6 Å². The van der Waals surface area contributed by atoms with Crippen molar-refractivity contribution >= 4 is 28.8 Å². The molecule has 0 aliphatic carbocycles. The second-order valence-electron chi connectivity index (χ2n) is 4.97. The maximum atomic E-state index is 13.8. The zero-order valence-corrected chi connectivity index (χ0v) is 13.7. The average molecular weight is 339 g/mol. The molecule has 0 unspecified atom stereocenters. The molecule has 0 fully saturated rings. The van der Waals surface area contributed by atoms with Gasteiger partial charge in [0.25, 0.3) is 0 Å². The van der Waals surface area contributed by atoms with Crippen molar-refractivity contribution in [2.75, 3.05) is 0 Å². The summed E-state index contributed by atoms with van der Waals surface area (Å²) in [5.41, 5.74) is 3.37. The molecule has 22 heavy (non-hydrogen) atoms. The summed E-state index contributed by atoms with van der Waals surface area (Å²) in [5, 5.41) is 0.473. The highest BCUT2D eigenvalue weighted by Crippen LogP contribution is 2.36. The van der Waals surface area contributed by atoms with Crippen LogP contribution < -0.4 is 0 Å². The fourth-order valence-electron chi connectivity index (χ4n) is 2.32. The fourth-order valence-corrected chi connectivity index (χ4v) is 2.75. The Morgan fingerprint density at radius 2 is 1.77 bits per heavy atom.